The number of aromatic nitrogens is 4. The quantitative estimate of drug-likeness (QED) is 0.192. The zero-order valence-electron chi connectivity index (χ0n) is 24.8. The third kappa shape index (κ3) is 5.78. The number of nitrogens with zero attached hydrogens (tertiary/aromatic N) is 4. The normalized spacial score (nSPS) is 11.4. The number of benzene rings is 3. The molecule has 3 aromatic carbocycles. The summed E-state index contributed by atoms with van der Waals surface area (Å²) in [7, 11) is 1.55. The minimum Gasteiger partial charge on any atom is -0.457 e. The average Bonchev–Trinajstić information content (AvgIpc) is 3.46. The number of hydrogen-bond acceptors (Lipinski definition) is 6. The Bertz CT molecular complexity index is 2030. The molecule has 0 aliphatic rings. The number of nitrogens with one attached hydrogen (secondary N) is 3. The molecule has 0 radical (unpaired) electrons. The van der Waals surface area contributed by atoms with Crippen molar-refractivity contribution >= 4 is 45.1 Å². The van der Waals surface area contributed by atoms with Crippen LogP contribution < -0.4 is 20.7 Å². The molecule has 6 aromatic rings. The molecule has 10 heteroatoms. The van der Waals surface area contributed by atoms with Crippen LogP contribution in [0.15, 0.2) is 97.3 Å². The molecule has 0 atom stereocenters. The Balaban J connectivity index is 1.29. The Morgan fingerprint density at radius 2 is 1.64 bits per heavy atom. The van der Waals surface area contributed by atoms with Crippen LogP contribution in [0.1, 0.15) is 37.0 Å². The number of ether oxygens (including phenoxy) is 1. The van der Waals surface area contributed by atoms with E-state index < -0.39 is 6.03 Å². The number of pyridine rings is 2. The lowest BCUT2D eigenvalue weighted by molar-refractivity contribution is 0.0957. The number of amides is 3. The van der Waals surface area contributed by atoms with Gasteiger partial charge in [0.15, 0.2) is 0 Å². The molecule has 3 aromatic heterocycles. The summed E-state index contributed by atoms with van der Waals surface area (Å²) in [6.45, 7) is 6.23. The van der Waals surface area contributed by atoms with E-state index in [-0.39, 0.29) is 17.0 Å². The summed E-state index contributed by atoms with van der Waals surface area (Å²) in [5, 5.41) is 15.9. The zero-order chi connectivity index (χ0) is 30.8. The van der Waals surface area contributed by atoms with Crippen molar-refractivity contribution in [3.05, 3.63) is 109 Å². The minimum atomic E-state index is -0.419. The third-order valence-corrected chi connectivity index (χ3v) is 7.10. The van der Waals surface area contributed by atoms with Gasteiger partial charge in [0.2, 0.25) is 0 Å². The highest BCUT2D eigenvalue weighted by Crippen LogP contribution is 2.35. The second-order valence-electron chi connectivity index (χ2n) is 11.3. The standard InChI is InChI=1S/C34H31N7O3/c1-34(2,3)30-20-31(41(40-30)22-11-12-26-21(18-22)8-7-16-36-26)39-33(43)38-27-13-14-29(25-10-6-5-9-24(25)27)44-23-15-17-37-28(19-23)32(42)35-4/h5-20H,1-4H3,(H,35,42)(H2,38,39,43). The summed E-state index contributed by atoms with van der Waals surface area (Å²) in [5.41, 5.74) is 3.13. The largest absolute Gasteiger partial charge is 0.457 e. The lowest BCUT2D eigenvalue weighted by Crippen LogP contribution is -2.21. The molecule has 3 heterocycles. The minimum absolute atomic E-state index is 0.238. The van der Waals surface area contributed by atoms with E-state index in [1.165, 1.54) is 6.20 Å². The van der Waals surface area contributed by atoms with Gasteiger partial charge >= 0.3 is 6.03 Å². The average molecular weight is 586 g/mol. The fourth-order valence-electron chi connectivity index (χ4n) is 4.82. The molecule has 220 valence electrons. The molecular weight excluding hydrogens is 554 g/mol. The van der Waals surface area contributed by atoms with Gasteiger partial charge in [-0.25, -0.2) is 9.48 Å². The van der Waals surface area contributed by atoms with Crippen molar-refractivity contribution < 1.29 is 14.3 Å². The van der Waals surface area contributed by atoms with Crippen molar-refractivity contribution in [1.29, 1.82) is 0 Å². The first-order valence-corrected chi connectivity index (χ1v) is 14.1. The van der Waals surface area contributed by atoms with Crippen molar-refractivity contribution in [1.82, 2.24) is 25.1 Å². The summed E-state index contributed by atoms with van der Waals surface area (Å²) in [4.78, 5) is 34.0. The molecule has 0 spiro atoms. The number of fused-ring (bicyclic) bond motifs is 2. The predicted molar refractivity (Wildman–Crippen MR) is 172 cm³/mol. The van der Waals surface area contributed by atoms with Crippen LogP contribution in [0.2, 0.25) is 0 Å². The highest BCUT2D eigenvalue weighted by molar-refractivity contribution is 6.07. The smallest absolute Gasteiger partial charge is 0.324 e. The van der Waals surface area contributed by atoms with Gasteiger partial charge in [-0.05, 0) is 42.5 Å². The molecule has 0 aliphatic carbocycles. The Labute approximate surface area is 254 Å². The lowest BCUT2D eigenvalue weighted by atomic mass is 9.92. The molecular formula is C34H31N7O3. The summed E-state index contributed by atoms with van der Waals surface area (Å²) in [6.07, 6.45) is 3.28. The van der Waals surface area contributed by atoms with Crippen LogP contribution in [0.4, 0.5) is 16.3 Å². The number of rotatable bonds is 6. The van der Waals surface area contributed by atoms with Gasteiger partial charge in [-0.3, -0.25) is 20.1 Å². The number of urea groups is 1. The van der Waals surface area contributed by atoms with Crippen LogP contribution in [0, 0.1) is 0 Å². The fourth-order valence-corrected chi connectivity index (χ4v) is 4.82. The highest BCUT2D eigenvalue weighted by Gasteiger charge is 2.22. The second kappa shape index (κ2) is 11.5. The third-order valence-electron chi connectivity index (χ3n) is 7.10. The van der Waals surface area contributed by atoms with Crippen LogP contribution in [0.25, 0.3) is 27.4 Å². The Morgan fingerprint density at radius 1 is 0.818 bits per heavy atom. The van der Waals surface area contributed by atoms with Gasteiger partial charge in [0.1, 0.15) is 23.0 Å². The lowest BCUT2D eigenvalue weighted by Gasteiger charge is -2.14. The number of carbonyl (C=O) groups is 2. The molecule has 44 heavy (non-hydrogen) atoms. The number of hydrogen-bond donors (Lipinski definition) is 3. The van der Waals surface area contributed by atoms with Crippen LogP contribution >= 0.6 is 0 Å². The van der Waals surface area contributed by atoms with Crippen molar-refractivity contribution in [3.63, 3.8) is 0 Å². The molecule has 10 nitrogen and oxygen atoms in total. The number of carbonyl (C=O) groups excluding carboxylic acids is 2. The van der Waals surface area contributed by atoms with Gasteiger partial charge in [-0.2, -0.15) is 5.10 Å². The van der Waals surface area contributed by atoms with Gasteiger partial charge in [-0.1, -0.05) is 51.1 Å². The SMILES string of the molecule is CNC(=O)c1cc(Oc2ccc(NC(=O)Nc3cc(C(C)(C)C)nn3-c3ccc4ncccc4c3)c3ccccc23)ccn1. The summed E-state index contributed by atoms with van der Waals surface area (Å²) < 4.78 is 7.89. The summed E-state index contributed by atoms with van der Waals surface area (Å²) in [5.74, 6) is 1.26. The fraction of sp³-hybridized carbons (Fsp3) is 0.147. The molecule has 3 N–H and O–H groups in total. The van der Waals surface area contributed by atoms with Crippen molar-refractivity contribution in [3.8, 4) is 17.2 Å². The first-order chi connectivity index (χ1) is 21.2. The van der Waals surface area contributed by atoms with Gasteiger partial charge in [0, 0.05) is 53.1 Å². The van der Waals surface area contributed by atoms with Crippen molar-refractivity contribution in [2.75, 3.05) is 17.7 Å². The molecule has 0 saturated heterocycles. The summed E-state index contributed by atoms with van der Waals surface area (Å²) >= 11 is 0. The van der Waals surface area contributed by atoms with Gasteiger partial charge in [0.05, 0.1) is 22.6 Å². The first kappa shape index (κ1) is 28.4. The van der Waals surface area contributed by atoms with E-state index in [1.54, 1.807) is 42.2 Å². The zero-order valence-corrected chi connectivity index (χ0v) is 24.8. The number of anilines is 2. The van der Waals surface area contributed by atoms with Gasteiger partial charge in [-0.15, -0.1) is 0 Å². The highest BCUT2D eigenvalue weighted by atomic mass is 16.5. The Kier molecular flexibility index (Phi) is 7.40. The Hall–Kier alpha value is -5.77. The van der Waals surface area contributed by atoms with Gasteiger partial charge in [0.25, 0.3) is 5.91 Å². The molecule has 0 saturated carbocycles. The monoisotopic (exact) mass is 585 g/mol. The van der Waals surface area contributed by atoms with Crippen LogP contribution in [0.3, 0.4) is 0 Å². The Morgan fingerprint density at radius 3 is 2.43 bits per heavy atom. The molecule has 3 amide bonds. The van der Waals surface area contributed by atoms with Crippen molar-refractivity contribution in [2.24, 2.45) is 0 Å². The molecule has 0 fully saturated rings. The topological polar surface area (TPSA) is 123 Å². The van der Waals surface area contributed by atoms with E-state index in [9.17, 15) is 9.59 Å². The van der Waals surface area contributed by atoms with Crippen LogP contribution in [-0.2, 0) is 5.41 Å². The molecule has 0 aliphatic heterocycles. The first-order valence-electron chi connectivity index (χ1n) is 14.1. The van der Waals surface area contributed by atoms with Crippen molar-refractivity contribution in [2.45, 2.75) is 26.2 Å². The molecule has 0 bridgehead atoms. The maximum absolute atomic E-state index is 13.4. The van der Waals surface area contributed by atoms with E-state index in [4.69, 9.17) is 9.84 Å². The van der Waals surface area contributed by atoms with Crippen LogP contribution in [0.5, 0.6) is 11.5 Å². The van der Waals surface area contributed by atoms with E-state index in [2.05, 4.69) is 46.7 Å². The van der Waals surface area contributed by atoms with E-state index >= 15 is 0 Å². The van der Waals surface area contributed by atoms with E-state index in [1.807, 2.05) is 60.7 Å². The van der Waals surface area contributed by atoms with E-state index in [0.717, 1.165) is 33.1 Å². The predicted octanol–water partition coefficient (Wildman–Crippen LogP) is 7.06. The molecule has 6 rings (SSSR count). The van der Waals surface area contributed by atoms with Crippen LogP contribution in [-0.4, -0.2) is 38.7 Å². The summed E-state index contributed by atoms with van der Waals surface area (Å²) in [6, 6.07) is 25.7. The van der Waals surface area contributed by atoms with Gasteiger partial charge < -0.3 is 15.4 Å². The molecule has 0 unspecified atom stereocenters. The second-order valence-corrected chi connectivity index (χ2v) is 11.3. The van der Waals surface area contributed by atoms with E-state index in [0.29, 0.717) is 23.0 Å². The maximum atomic E-state index is 13.4. The maximum Gasteiger partial charge on any atom is 0.324 e.